The zero-order chi connectivity index (χ0) is 38.1. The van der Waals surface area contributed by atoms with Crippen LogP contribution in [0.5, 0.6) is 0 Å². The van der Waals surface area contributed by atoms with Gasteiger partial charge in [0.05, 0.1) is 0 Å². The van der Waals surface area contributed by atoms with Gasteiger partial charge in [-0.05, 0) is 47.9 Å². The number of hydrogen-bond acceptors (Lipinski definition) is 1. The number of nitrogens with zero attached hydrogens (tertiary/aromatic N) is 1. The van der Waals surface area contributed by atoms with Crippen molar-refractivity contribution in [2.75, 3.05) is 0 Å². The van der Waals surface area contributed by atoms with Gasteiger partial charge in [0, 0.05) is 0 Å². The maximum absolute atomic E-state index is 5.98. The molecule has 266 valence electrons. The number of halogens is 2. The number of aryl methyl sites for hydroxylation is 2. The van der Waals surface area contributed by atoms with E-state index in [9.17, 15) is 0 Å². The van der Waals surface area contributed by atoms with E-state index in [4.69, 9.17) is 25.0 Å². The Kier molecular flexibility index (Phi) is 16.5. The van der Waals surface area contributed by atoms with Gasteiger partial charge in [-0.2, -0.15) is 12.1 Å². The Balaban J connectivity index is 0.000000209. The molecule has 0 fully saturated rings. The van der Waals surface area contributed by atoms with Crippen LogP contribution in [-0.4, -0.2) is 28.6 Å². The van der Waals surface area contributed by atoms with E-state index in [1.54, 1.807) is 0 Å². The van der Waals surface area contributed by atoms with Crippen molar-refractivity contribution in [3.63, 3.8) is 0 Å². The summed E-state index contributed by atoms with van der Waals surface area (Å²) in [6.45, 7) is 27.1. The van der Waals surface area contributed by atoms with Crippen LogP contribution in [0.15, 0.2) is 109 Å². The third-order valence-corrected chi connectivity index (χ3v) is 16.1. The molecule has 2 radical (unpaired) electrons. The van der Waals surface area contributed by atoms with Crippen LogP contribution in [0, 0.1) is 13.8 Å². The number of hydrogen-bond donors (Lipinski definition) is 0. The van der Waals surface area contributed by atoms with Gasteiger partial charge >= 0.3 is 37.9 Å². The van der Waals surface area contributed by atoms with Gasteiger partial charge in [-0.15, -0.1) is 69.1 Å². The van der Waals surface area contributed by atoms with Crippen LogP contribution >= 0.6 is 17.0 Å². The van der Waals surface area contributed by atoms with E-state index >= 15 is 0 Å². The van der Waals surface area contributed by atoms with Gasteiger partial charge < -0.3 is 4.14 Å². The fourth-order valence-electron chi connectivity index (χ4n) is 6.41. The number of fused-ring (bicyclic) bond motifs is 2. The second kappa shape index (κ2) is 19.4. The summed E-state index contributed by atoms with van der Waals surface area (Å²) in [4.78, 5) is 0. The summed E-state index contributed by atoms with van der Waals surface area (Å²) in [5.74, 6) is 1.16. The molecule has 0 heterocycles. The van der Waals surface area contributed by atoms with E-state index < -0.39 is 37.3 Å². The van der Waals surface area contributed by atoms with Crippen LogP contribution in [0.4, 0.5) is 0 Å². The van der Waals surface area contributed by atoms with Crippen molar-refractivity contribution in [2.45, 2.75) is 92.7 Å². The molecule has 0 N–H and O–H groups in total. The van der Waals surface area contributed by atoms with Gasteiger partial charge in [0.1, 0.15) is 16.5 Å². The van der Waals surface area contributed by atoms with Crippen molar-refractivity contribution in [1.29, 1.82) is 0 Å². The molecule has 0 aliphatic rings. The quantitative estimate of drug-likeness (QED) is 0.119. The molecular formula is C44H56BCl2NSi2Zr. The molecule has 0 amide bonds. The van der Waals surface area contributed by atoms with E-state index in [1.807, 2.05) is 0 Å². The molecule has 6 aromatic carbocycles. The van der Waals surface area contributed by atoms with Gasteiger partial charge in [0.2, 0.25) is 0 Å². The van der Waals surface area contributed by atoms with E-state index in [2.05, 4.69) is 194 Å². The van der Waals surface area contributed by atoms with Gasteiger partial charge in [0.15, 0.2) is 7.98 Å². The first-order valence-electron chi connectivity index (χ1n) is 17.9. The summed E-state index contributed by atoms with van der Waals surface area (Å²) in [5, 5.41) is 5.45. The van der Waals surface area contributed by atoms with Crippen LogP contribution < -0.4 is 0 Å². The van der Waals surface area contributed by atoms with E-state index in [0.29, 0.717) is 11.8 Å². The van der Waals surface area contributed by atoms with E-state index in [1.165, 1.54) is 66.1 Å². The molecule has 0 aliphatic carbocycles. The van der Waals surface area contributed by atoms with Crippen molar-refractivity contribution < 1.29 is 20.8 Å². The van der Waals surface area contributed by atoms with Crippen LogP contribution in [0.2, 0.25) is 39.3 Å². The van der Waals surface area contributed by atoms with Crippen molar-refractivity contribution in [3.8, 4) is 22.3 Å². The first-order chi connectivity index (χ1) is 23.9. The monoisotopic (exact) mass is 825 g/mol. The Labute approximate surface area is 331 Å². The predicted octanol–water partition coefficient (Wildman–Crippen LogP) is 14.7. The van der Waals surface area contributed by atoms with E-state index in [0.717, 1.165) is 0 Å². The third kappa shape index (κ3) is 12.0. The minimum absolute atomic E-state index is 0.581. The van der Waals surface area contributed by atoms with Crippen LogP contribution in [0.1, 0.15) is 61.8 Å². The molecule has 0 atom stereocenters. The van der Waals surface area contributed by atoms with Crippen LogP contribution in [-0.2, 0) is 20.8 Å². The molecule has 7 heteroatoms. The Morgan fingerprint density at radius 1 is 0.549 bits per heavy atom. The first-order valence-corrected chi connectivity index (χ1v) is 31.1. The van der Waals surface area contributed by atoms with E-state index in [-0.39, 0.29) is 0 Å². The third-order valence-electron chi connectivity index (χ3n) is 9.20. The normalized spacial score (nSPS) is 11.5. The molecule has 0 aliphatic heterocycles. The first kappa shape index (κ1) is 43.4. The fourth-order valence-corrected chi connectivity index (χ4v) is 14.5. The molecule has 0 saturated heterocycles. The molecule has 51 heavy (non-hydrogen) atoms. The topological polar surface area (TPSA) is 3.24 Å². The summed E-state index contributed by atoms with van der Waals surface area (Å²) in [6.07, 6.45) is 0. The van der Waals surface area contributed by atoms with Crippen molar-refractivity contribution in [3.05, 3.63) is 131 Å². The Morgan fingerprint density at radius 3 is 1.14 bits per heavy atom. The van der Waals surface area contributed by atoms with Crippen molar-refractivity contribution >= 4 is 63.0 Å². The van der Waals surface area contributed by atoms with Gasteiger partial charge in [-0.1, -0.05) is 139 Å². The summed E-state index contributed by atoms with van der Waals surface area (Å²) in [5.41, 5.74) is 10.9. The van der Waals surface area contributed by atoms with Gasteiger partial charge in [0.25, 0.3) is 0 Å². The summed E-state index contributed by atoms with van der Waals surface area (Å²) >= 11 is -0.826. The Bertz CT molecular complexity index is 1840. The van der Waals surface area contributed by atoms with Gasteiger partial charge in [-0.25, -0.2) is 0 Å². The zero-order valence-corrected chi connectivity index (χ0v) is 38.8. The average molecular weight is 828 g/mol. The second-order valence-corrected chi connectivity index (χ2v) is 29.7. The zero-order valence-electron chi connectivity index (χ0n) is 32.8. The van der Waals surface area contributed by atoms with Crippen molar-refractivity contribution in [1.82, 2.24) is 4.14 Å². The molecule has 0 bridgehead atoms. The molecule has 6 rings (SSSR count). The molecule has 6 aromatic rings. The molecular weight excluding hydrogens is 772 g/mol. The second-order valence-electron chi connectivity index (χ2n) is 15.9. The predicted molar refractivity (Wildman–Crippen MR) is 234 cm³/mol. The molecule has 0 unspecified atom stereocenters. The Morgan fingerprint density at radius 2 is 0.863 bits per heavy atom. The van der Waals surface area contributed by atoms with Crippen LogP contribution in [0.3, 0.4) is 0 Å². The molecule has 0 aromatic heterocycles. The van der Waals surface area contributed by atoms with Gasteiger partial charge in [-0.3, -0.25) is 0 Å². The molecule has 0 saturated carbocycles. The Hall–Kier alpha value is -1.98. The fraction of sp³-hybridized carbons (Fsp3) is 0.318. The number of benzene rings is 4. The SMILES string of the molecule is Cc1ccccc1-c1cccc2[cH-]c(C(C)C)cc12.Cc1ccccc1-c1cccc2[cH-]c(C(C)C)cc12.[B]N([Si](C)(C)C)[Si](C)(C)C.[Cl][Zr+2][Cl]. The molecule has 0 spiro atoms. The minimum atomic E-state index is -1.22. The average Bonchev–Trinajstić information content (AvgIpc) is 3.71. The van der Waals surface area contributed by atoms with Crippen LogP contribution in [0.25, 0.3) is 43.8 Å². The summed E-state index contributed by atoms with van der Waals surface area (Å²) in [7, 11) is 13.4. The molecule has 1 nitrogen and oxygen atoms in total. The standard InChI is InChI=1S/2C19H19.C6H18BNSi2.2ClH.Zr/c2*1-13(2)16-11-15-8-6-10-18(19(15)12-16)17-9-5-4-7-14(17)3;1-9(2,3)8(7)10(4,5)6;;;/h2*4-13H,1-3H3;1-6H3;2*1H;/q2*-1;;;;+4/p-2. The van der Waals surface area contributed by atoms with Crippen molar-refractivity contribution in [2.24, 2.45) is 0 Å². The maximum atomic E-state index is 5.98. The summed E-state index contributed by atoms with van der Waals surface area (Å²) in [6, 6.07) is 39.8. The summed E-state index contributed by atoms with van der Waals surface area (Å²) < 4.78 is 2.15. The number of rotatable bonds is 6.